The lowest BCUT2D eigenvalue weighted by atomic mass is 9.87. The number of hydrogen-bond acceptors (Lipinski definition) is 6. The molecule has 1 aromatic heterocycles. The van der Waals surface area contributed by atoms with Crippen LogP contribution in [0.1, 0.15) is 36.0 Å². The van der Waals surface area contributed by atoms with E-state index in [1.165, 1.54) is 0 Å². The molecule has 0 aliphatic heterocycles. The lowest BCUT2D eigenvalue weighted by molar-refractivity contribution is 0.100. The van der Waals surface area contributed by atoms with E-state index in [9.17, 15) is 9.90 Å². The summed E-state index contributed by atoms with van der Waals surface area (Å²) in [5.74, 6) is 0.148. The van der Waals surface area contributed by atoms with Crippen LogP contribution in [0, 0.1) is 5.92 Å². The molecule has 6 nitrogen and oxygen atoms in total. The molecule has 1 aromatic rings. The van der Waals surface area contributed by atoms with Crippen LogP contribution in [0.15, 0.2) is 0 Å². The first-order valence-corrected chi connectivity index (χ1v) is 6.82. The summed E-state index contributed by atoms with van der Waals surface area (Å²) in [6.45, 7) is 0.759. The van der Waals surface area contributed by atoms with Gasteiger partial charge in [0.15, 0.2) is 5.82 Å². The number of rotatable bonds is 4. The number of amides is 1. The van der Waals surface area contributed by atoms with Crippen LogP contribution in [0.5, 0.6) is 0 Å². The van der Waals surface area contributed by atoms with Gasteiger partial charge in [0.25, 0.3) is 5.91 Å². The Morgan fingerprint density at radius 3 is 2.72 bits per heavy atom. The third kappa shape index (κ3) is 2.91. The number of aliphatic hydroxyl groups excluding tert-OH is 1. The summed E-state index contributed by atoms with van der Waals surface area (Å²) in [5.41, 5.74) is 11.1. The number of carbonyl (C=O) groups is 1. The molecule has 1 saturated carbocycles. The summed E-state index contributed by atoms with van der Waals surface area (Å²) in [7, 11) is 0. The Kier molecular flexibility index (Phi) is 4.03. The molecule has 1 fully saturated rings. The Labute approximate surface area is 110 Å². The molecule has 1 aliphatic carbocycles. The van der Waals surface area contributed by atoms with Gasteiger partial charge in [-0.25, -0.2) is 0 Å². The maximum atomic E-state index is 11.2. The standard InChI is InChI=1S/C11H18N4O2S/c12-9-8(10(13)17)11(18-15-9)14-5-6-1-3-7(16)4-2-6/h6-7,14,16H,1-5H2,(H2,12,15)(H2,13,17). The van der Waals surface area contributed by atoms with Crippen molar-refractivity contribution in [1.29, 1.82) is 0 Å². The normalized spacial score (nSPS) is 23.8. The van der Waals surface area contributed by atoms with Gasteiger partial charge in [-0.1, -0.05) is 0 Å². The molecule has 2 rings (SSSR count). The predicted molar refractivity (Wildman–Crippen MR) is 71.5 cm³/mol. The van der Waals surface area contributed by atoms with Crippen molar-refractivity contribution >= 4 is 28.3 Å². The first-order chi connectivity index (χ1) is 8.58. The monoisotopic (exact) mass is 270 g/mol. The summed E-state index contributed by atoms with van der Waals surface area (Å²) in [5, 5.41) is 13.3. The number of aromatic nitrogens is 1. The van der Waals surface area contributed by atoms with Gasteiger partial charge in [0, 0.05) is 6.54 Å². The highest BCUT2D eigenvalue weighted by atomic mass is 32.1. The van der Waals surface area contributed by atoms with Crippen molar-refractivity contribution in [2.45, 2.75) is 31.8 Å². The minimum atomic E-state index is -0.553. The van der Waals surface area contributed by atoms with Crippen LogP contribution in [0.2, 0.25) is 0 Å². The zero-order valence-electron chi connectivity index (χ0n) is 10.1. The van der Waals surface area contributed by atoms with Crippen molar-refractivity contribution in [3.63, 3.8) is 0 Å². The second-order valence-corrected chi connectivity index (χ2v) is 5.47. The number of primary amides is 1. The largest absolute Gasteiger partial charge is 0.393 e. The zero-order chi connectivity index (χ0) is 13.1. The fourth-order valence-corrected chi connectivity index (χ4v) is 2.97. The first kappa shape index (κ1) is 13.1. The van der Waals surface area contributed by atoms with E-state index in [4.69, 9.17) is 11.5 Å². The number of hydrogen-bond donors (Lipinski definition) is 4. The van der Waals surface area contributed by atoms with E-state index in [0.29, 0.717) is 10.9 Å². The van der Waals surface area contributed by atoms with E-state index in [1.54, 1.807) is 0 Å². The van der Waals surface area contributed by atoms with Crippen molar-refractivity contribution in [3.8, 4) is 0 Å². The number of nitrogens with one attached hydrogen (secondary N) is 1. The van der Waals surface area contributed by atoms with E-state index < -0.39 is 5.91 Å². The Hall–Kier alpha value is -1.34. The number of anilines is 2. The maximum absolute atomic E-state index is 11.2. The molecule has 0 spiro atoms. The minimum Gasteiger partial charge on any atom is -0.393 e. The van der Waals surface area contributed by atoms with Gasteiger partial charge in [0.1, 0.15) is 10.6 Å². The molecule has 6 N–H and O–H groups in total. The Morgan fingerprint density at radius 1 is 1.44 bits per heavy atom. The first-order valence-electron chi connectivity index (χ1n) is 6.04. The molecule has 7 heteroatoms. The number of aliphatic hydroxyl groups is 1. The van der Waals surface area contributed by atoms with Gasteiger partial charge < -0.3 is 21.9 Å². The summed E-state index contributed by atoms with van der Waals surface area (Å²) >= 11 is 1.16. The molecule has 0 atom stereocenters. The molecule has 18 heavy (non-hydrogen) atoms. The zero-order valence-corrected chi connectivity index (χ0v) is 10.9. The summed E-state index contributed by atoms with van der Waals surface area (Å²) in [6, 6.07) is 0. The third-order valence-electron chi connectivity index (χ3n) is 3.33. The minimum absolute atomic E-state index is 0.151. The number of carbonyl (C=O) groups excluding carboxylic acids is 1. The molecule has 1 amide bonds. The smallest absolute Gasteiger partial charge is 0.255 e. The van der Waals surface area contributed by atoms with Gasteiger partial charge in [-0.3, -0.25) is 4.79 Å². The topological polar surface area (TPSA) is 114 Å². The molecule has 0 aromatic carbocycles. The Bertz CT molecular complexity index is 427. The molecular formula is C11H18N4O2S. The van der Waals surface area contributed by atoms with E-state index in [0.717, 1.165) is 43.8 Å². The highest BCUT2D eigenvalue weighted by Gasteiger charge is 2.21. The van der Waals surface area contributed by atoms with Gasteiger partial charge in [-0.05, 0) is 43.1 Å². The molecule has 1 aliphatic rings. The van der Waals surface area contributed by atoms with E-state index in [-0.39, 0.29) is 17.5 Å². The summed E-state index contributed by atoms with van der Waals surface area (Å²) in [6.07, 6.45) is 3.53. The molecule has 1 heterocycles. The van der Waals surface area contributed by atoms with Gasteiger partial charge in [0.05, 0.1) is 6.10 Å². The van der Waals surface area contributed by atoms with Crippen LogP contribution >= 0.6 is 11.5 Å². The van der Waals surface area contributed by atoms with Crippen molar-refractivity contribution < 1.29 is 9.90 Å². The number of nitrogens with zero attached hydrogens (tertiary/aromatic N) is 1. The van der Waals surface area contributed by atoms with E-state index in [2.05, 4.69) is 9.69 Å². The van der Waals surface area contributed by atoms with Crippen LogP contribution in [-0.2, 0) is 0 Å². The number of nitrogen functional groups attached to an aromatic ring is 1. The maximum Gasteiger partial charge on any atom is 0.255 e. The summed E-state index contributed by atoms with van der Waals surface area (Å²) < 4.78 is 3.93. The van der Waals surface area contributed by atoms with Crippen LogP contribution in [0.4, 0.5) is 10.8 Å². The predicted octanol–water partition coefficient (Wildman–Crippen LogP) is 0.787. The molecule has 0 radical (unpaired) electrons. The SMILES string of the molecule is NC(=O)c1c(N)nsc1NCC1CCC(O)CC1. The van der Waals surface area contributed by atoms with Crippen molar-refractivity contribution in [1.82, 2.24) is 4.37 Å². The highest BCUT2D eigenvalue weighted by Crippen LogP contribution is 2.29. The number of nitrogens with two attached hydrogens (primary N) is 2. The molecular weight excluding hydrogens is 252 g/mol. The third-order valence-corrected chi connectivity index (χ3v) is 4.15. The molecule has 0 bridgehead atoms. The lowest BCUT2D eigenvalue weighted by Crippen LogP contribution is -2.24. The Balaban J connectivity index is 1.92. The van der Waals surface area contributed by atoms with Crippen LogP contribution in [0.25, 0.3) is 0 Å². The van der Waals surface area contributed by atoms with Crippen molar-refractivity contribution in [2.24, 2.45) is 11.7 Å². The summed E-state index contributed by atoms with van der Waals surface area (Å²) in [4.78, 5) is 11.2. The molecule has 100 valence electrons. The average molecular weight is 270 g/mol. The van der Waals surface area contributed by atoms with Crippen LogP contribution in [0.3, 0.4) is 0 Å². The molecule has 0 saturated heterocycles. The Morgan fingerprint density at radius 2 is 2.11 bits per heavy atom. The molecule has 0 unspecified atom stereocenters. The lowest BCUT2D eigenvalue weighted by Gasteiger charge is -2.25. The van der Waals surface area contributed by atoms with E-state index >= 15 is 0 Å². The van der Waals surface area contributed by atoms with Gasteiger partial charge in [0.2, 0.25) is 0 Å². The van der Waals surface area contributed by atoms with Gasteiger partial charge in [-0.15, -0.1) is 0 Å². The van der Waals surface area contributed by atoms with Crippen molar-refractivity contribution in [2.75, 3.05) is 17.6 Å². The second kappa shape index (κ2) is 5.53. The fraction of sp³-hybridized carbons (Fsp3) is 0.636. The highest BCUT2D eigenvalue weighted by molar-refractivity contribution is 7.11. The average Bonchev–Trinajstić information content (AvgIpc) is 2.70. The fourth-order valence-electron chi connectivity index (χ4n) is 2.25. The van der Waals surface area contributed by atoms with Crippen molar-refractivity contribution in [3.05, 3.63) is 5.56 Å². The van der Waals surface area contributed by atoms with Crippen LogP contribution < -0.4 is 16.8 Å². The quantitative estimate of drug-likeness (QED) is 0.645. The second-order valence-electron chi connectivity index (χ2n) is 4.69. The van der Waals surface area contributed by atoms with Gasteiger partial charge in [-0.2, -0.15) is 4.37 Å². The van der Waals surface area contributed by atoms with Gasteiger partial charge >= 0.3 is 0 Å². The van der Waals surface area contributed by atoms with Crippen LogP contribution in [-0.4, -0.2) is 28.0 Å². The van der Waals surface area contributed by atoms with E-state index in [1.807, 2.05) is 0 Å².